The zero-order valence-electron chi connectivity index (χ0n) is 19.2. The van der Waals surface area contributed by atoms with Crippen molar-refractivity contribution in [1.29, 1.82) is 0 Å². The molecular formula is C25H31NO5. The standard InChI is InChI=1S/C25H31NO5/c1-14(2)30-20-8-7-17-11-19-18-13-22(31-15(3)4)21(28-5)12-16(18)9-10-26(19)25(27)23(17)24(20)29-6/h7-8,12-15,19H,9-11H2,1-6H3/t19-/m0/s1. The summed E-state index contributed by atoms with van der Waals surface area (Å²) in [4.78, 5) is 15.6. The predicted octanol–water partition coefficient (Wildman–Crippen LogP) is 4.57. The highest BCUT2D eigenvalue weighted by Gasteiger charge is 2.40. The Morgan fingerprint density at radius 3 is 2.26 bits per heavy atom. The molecule has 0 aliphatic carbocycles. The number of methoxy groups -OCH3 is 2. The molecule has 0 spiro atoms. The third kappa shape index (κ3) is 3.80. The van der Waals surface area contributed by atoms with Gasteiger partial charge in [-0.1, -0.05) is 6.07 Å². The lowest BCUT2D eigenvalue weighted by atomic mass is 9.83. The van der Waals surface area contributed by atoms with Crippen LogP contribution in [0, 0.1) is 0 Å². The Morgan fingerprint density at radius 2 is 1.61 bits per heavy atom. The lowest BCUT2D eigenvalue weighted by Crippen LogP contribution is -2.44. The lowest BCUT2D eigenvalue weighted by molar-refractivity contribution is 0.0625. The number of carbonyl (C=O) groups is 1. The average Bonchev–Trinajstić information content (AvgIpc) is 2.72. The molecule has 0 bridgehead atoms. The topological polar surface area (TPSA) is 57.2 Å². The number of nitrogens with zero attached hydrogens (tertiary/aromatic N) is 1. The Kier molecular flexibility index (Phi) is 5.73. The minimum absolute atomic E-state index is 0.00499. The molecule has 2 aliphatic rings. The van der Waals surface area contributed by atoms with Gasteiger partial charge in [0.2, 0.25) is 0 Å². The molecule has 6 nitrogen and oxygen atoms in total. The molecule has 0 unspecified atom stereocenters. The van der Waals surface area contributed by atoms with Crippen LogP contribution in [-0.4, -0.2) is 43.8 Å². The second-order valence-corrected chi connectivity index (χ2v) is 8.63. The molecule has 2 aliphatic heterocycles. The van der Waals surface area contributed by atoms with Gasteiger partial charge in [0, 0.05) is 6.54 Å². The van der Waals surface area contributed by atoms with E-state index in [1.165, 1.54) is 5.56 Å². The Morgan fingerprint density at radius 1 is 0.903 bits per heavy atom. The zero-order chi connectivity index (χ0) is 22.3. The van der Waals surface area contributed by atoms with Gasteiger partial charge in [-0.25, -0.2) is 0 Å². The first-order valence-corrected chi connectivity index (χ1v) is 10.9. The smallest absolute Gasteiger partial charge is 0.258 e. The van der Waals surface area contributed by atoms with E-state index in [-0.39, 0.29) is 24.2 Å². The summed E-state index contributed by atoms with van der Waals surface area (Å²) in [6.45, 7) is 8.57. The zero-order valence-corrected chi connectivity index (χ0v) is 19.2. The molecule has 0 radical (unpaired) electrons. The summed E-state index contributed by atoms with van der Waals surface area (Å²) >= 11 is 0. The van der Waals surface area contributed by atoms with Crippen molar-refractivity contribution in [3.8, 4) is 23.0 Å². The van der Waals surface area contributed by atoms with Crippen molar-refractivity contribution in [2.24, 2.45) is 0 Å². The first kappa shape index (κ1) is 21.3. The summed E-state index contributed by atoms with van der Waals surface area (Å²) in [5.74, 6) is 2.58. The molecule has 0 aromatic heterocycles. The molecule has 4 rings (SSSR count). The summed E-state index contributed by atoms with van der Waals surface area (Å²) in [5, 5.41) is 0. The summed E-state index contributed by atoms with van der Waals surface area (Å²) in [7, 11) is 3.25. The maximum atomic E-state index is 13.6. The highest BCUT2D eigenvalue weighted by Crippen LogP contribution is 2.46. The monoisotopic (exact) mass is 425 g/mol. The second kappa shape index (κ2) is 8.33. The van der Waals surface area contributed by atoms with Gasteiger partial charge in [-0.05, 0) is 75.4 Å². The number of benzene rings is 2. The quantitative estimate of drug-likeness (QED) is 0.678. The first-order chi connectivity index (χ1) is 14.8. The van der Waals surface area contributed by atoms with Gasteiger partial charge in [-0.15, -0.1) is 0 Å². The van der Waals surface area contributed by atoms with E-state index < -0.39 is 0 Å². The third-order valence-corrected chi connectivity index (χ3v) is 5.81. The maximum absolute atomic E-state index is 13.6. The Balaban J connectivity index is 1.78. The second-order valence-electron chi connectivity index (χ2n) is 8.63. The molecule has 0 N–H and O–H groups in total. The van der Waals surface area contributed by atoms with Crippen LogP contribution in [0.4, 0.5) is 0 Å². The number of fused-ring (bicyclic) bond motifs is 4. The maximum Gasteiger partial charge on any atom is 0.258 e. The number of rotatable bonds is 6. The van der Waals surface area contributed by atoms with Crippen LogP contribution in [0.3, 0.4) is 0 Å². The number of ether oxygens (including phenoxy) is 4. The average molecular weight is 426 g/mol. The van der Waals surface area contributed by atoms with E-state index in [4.69, 9.17) is 18.9 Å². The fourth-order valence-corrected chi connectivity index (χ4v) is 4.59. The van der Waals surface area contributed by atoms with Crippen molar-refractivity contribution in [3.05, 3.63) is 46.5 Å². The van der Waals surface area contributed by atoms with Crippen LogP contribution in [0.25, 0.3) is 0 Å². The molecule has 6 heteroatoms. The number of carbonyl (C=O) groups excluding carboxylic acids is 1. The molecule has 2 heterocycles. The SMILES string of the molecule is COc1cc2c(cc1OC(C)C)[C@@H]1Cc3ccc(OC(C)C)c(OC)c3C(=O)N1CC2. The third-order valence-electron chi connectivity index (χ3n) is 5.81. The van der Waals surface area contributed by atoms with Crippen molar-refractivity contribution in [2.75, 3.05) is 20.8 Å². The molecule has 0 saturated heterocycles. The molecular weight excluding hydrogens is 394 g/mol. The van der Waals surface area contributed by atoms with Crippen LogP contribution in [0.15, 0.2) is 24.3 Å². The largest absolute Gasteiger partial charge is 0.493 e. The van der Waals surface area contributed by atoms with Crippen LogP contribution >= 0.6 is 0 Å². The van der Waals surface area contributed by atoms with Crippen molar-refractivity contribution in [2.45, 2.75) is 58.8 Å². The Bertz CT molecular complexity index is 998. The predicted molar refractivity (Wildman–Crippen MR) is 119 cm³/mol. The summed E-state index contributed by atoms with van der Waals surface area (Å²) < 4.78 is 23.1. The van der Waals surface area contributed by atoms with Gasteiger partial charge in [0.15, 0.2) is 23.0 Å². The number of hydrogen-bond acceptors (Lipinski definition) is 5. The van der Waals surface area contributed by atoms with Crippen LogP contribution < -0.4 is 18.9 Å². The molecule has 31 heavy (non-hydrogen) atoms. The van der Waals surface area contributed by atoms with Gasteiger partial charge in [-0.2, -0.15) is 0 Å². The van der Waals surface area contributed by atoms with E-state index in [1.54, 1.807) is 14.2 Å². The van der Waals surface area contributed by atoms with E-state index >= 15 is 0 Å². The van der Waals surface area contributed by atoms with Crippen molar-refractivity contribution < 1.29 is 23.7 Å². The molecule has 0 saturated carbocycles. The van der Waals surface area contributed by atoms with E-state index in [0.717, 1.165) is 35.5 Å². The molecule has 1 amide bonds. The van der Waals surface area contributed by atoms with E-state index in [2.05, 4.69) is 12.1 Å². The van der Waals surface area contributed by atoms with Gasteiger partial charge in [0.1, 0.15) is 0 Å². The number of hydrogen-bond donors (Lipinski definition) is 0. The minimum Gasteiger partial charge on any atom is -0.493 e. The Hall–Kier alpha value is -2.89. The van der Waals surface area contributed by atoms with E-state index in [0.29, 0.717) is 23.6 Å². The summed E-state index contributed by atoms with van der Waals surface area (Å²) in [5.41, 5.74) is 3.93. The van der Waals surface area contributed by atoms with Gasteiger partial charge in [0.25, 0.3) is 5.91 Å². The molecule has 166 valence electrons. The van der Waals surface area contributed by atoms with Gasteiger partial charge < -0.3 is 23.8 Å². The van der Waals surface area contributed by atoms with Crippen LogP contribution in [0.2, 0.25) is 0 Å². The molecule has 1 atom stereocenters. The first-order valence-electron chi connectivity index (χ1n) is 10.9. The van der Waals surface area contributed by atoms with Crippen LogP contribution in [0.5, 0.6) is 23.0 Å². The van der Waals surface area contributed by atoms with Gasteiger partial charge in [0.05, 0.1) is 38.0 Å². The molecule has 2 aromatic rings. The fourth-order valence-electron chi connectivity index (χ4n) is 4.59. The summed E-state index contributed by atoms with van der Waals surface area (Å²) in [6.07, 6.45) is 1.52. The van der Waals surface area contributed by atoms with Gasteiger partial charge >= 0.3 is 0 Å². The number of amides is 1. The highest BCUT2D eigenvalue weighted by molar-refractivity contribution is 6.01. The minimum atomic E-state index is -0.0364. The van der Waals surface area contributed by atoms with Crippen LogP contribution in [0.1, 0.15) is 60.8 Å². The van der Waals surface area contributed by atoms with E-state index in [1.807, 2.05) is 44.7 Å². The van der Waals surface area contributed by atoms with Crippen LogP contribution in [-0.2, 0) is 12.8 Å². The molecule has 2 aromatic carbocycles. The van der Waals surface area contributed by atoms with Crippen molar-refractivity contribution in [1.82, 2.24) is 4.90 Å². The Labute approximate surface area is 184 Å². The summed E-state index contributed by atoms with van der Waals surface area (Å²) in [6, 6.07) is 7.98. The fraction of sp³-hybridized carbons (Fsp3) is 0.480. The van der Waals surface area contributed by atoms with Gasteiger partial charge in [-0.3, -0.25) is 4.79 Å². The van der Waals surface area contributed by atoms with Crippen molar-refractivity contribution in [3.63, 3.8) is 0 Å². The van der Waals surface area contributed by atoms with E-state index in [9.17, 15) is 4.79 Å². The molecule has 0 fully saturated rings. The normalized spacial score (nSPS) is 17.2. The highest BCUT2D eigenvalue weighted by atomic mass is 16.5. The lowest BCUT2D eigenvalue weighted by Gasteiger charge is -2.42. The van der Waals surface area contributed by atoms with Crippen molar-refractivity contribution >= 4 is 5.91 Å².